The van der Waals surface area contributed by atoms with Crippen LogP contribution >= 0.6 is 0 Å². The highest BCUT2D eigenvalue weighted by molar-refractivity contribution is 5.89. The van der Waals surface area contributed by atoms with Crippen LogP contribution < -0.4 is 10.1 Å². The number of ether oxygens (including phenoxy) is 3. The maximum absolute atomic E-state index is 12.5. The zero-order valence-electron chi connectivity index (χ0n) is 17.8. The molecule has 1 fully saturated rings. The van der Waals surface area contributed by atoms with Crippen LogP contribution in [0.15, 0.2) is 48.5 Å². The molecule has 2 aromatic rings. The molecule has 7 heteroatoms. The van der Waals surface area contributed by atoms with E-state index in [0.717, 1.165) is 55.4 Å². The van der Waals surface area contributed by atoms with E-state index in [2.05, 4.69) is 10.2 Å². The zero-order chi connectivity index (χ0) is 21.2. The Morgan fingerprint density at radius 1 is 1.10 bits per heavy atom. The number of anilines is 1. The molecule has 30 heavy (non-hydrogen) atoms. The van der Waals surface area contributed by atoms with Gasteiger partial charge in [-0.2, -0.15) is 0 Å². The zero-order valence-corrected chi connectivity index (χ0v) is 17.8. The molecule has 0 aliphatic carbocycles. The van der Waals surface area contributed by atoms with E-state index in [9.17, 15) is 4.79 Å². The molecule has 3 rings (SSSR count). The van der Waals surface area contributed by atoms with E-state index >= 15 is 0 Å². The number of benzene rings is 2. The molecule has 7 nitrogen and oxygen atoms in total. The number of carbonyl (C=O) groups is 1. The lowest BCUT2D eigenvalue weighted by atomic mass is 10.2. The predicted molar refractivity (Wildman–Crippen MR) is 117 cm³/mol. The van der Waals surface area contributed by atoms with Gasteiger partial charge >= 0.3 is 6.03 Å². The predicted octanol–water partition coefficient (Wildman–Crippen LogP) is 3.21. The van der Waals surface area contributed by atoms with Crippen molar-refractivity contribution in [3.8, 4) is 5.75 Å². The highest BCUT2D eigenvalue weighted by Gasteiger charge is 2.14. The fourth-order valence-corrected chi connectivity index (χ4v) is 3.18. The van der Waals surface area contributed by atoms with Crippen molar-refractivity contribution in [2.24, 2.45) is 0 Å². The number of hydrogen-bond donors (Lipinski definition) is 1. The van der Waals surface area contributed by atoms with Gasteiger partial charge in [0.05, 0.1) is 33.5 Å². The normalized spacial score (nSPS) is 14.3. The number of hydrogen-bond acceptors (Lipinski definition) is 5. The topological polar surface area (TPSA) is 63.3 Å². The van der Waals surface area contributed by atoms with E-state index in [1.54, 1.807) is 12.0 Å². The van der Waals surface area contributed by atoms with Gasteiger partial charge in [0.15, 0.2) is 0 Å². The molecule has 2 amide bonds. The van der Waals surface area contributed by atoms with Gasteiger partial charge in [0, 0.05) is 38.9 Å². The second kappa shape index (κ2) is 11.5. The largest absolute Gasteiger partial charge is 0.497 e. The van der Waals surface area contributed by atoms with Gasteiger partial charge in [-0.3, -0.25) is 4.90 Å². The minimum atomic E-state index is -0.112. The van der Waals surface area contributed by atoms with Crippen molar-refractivity contribution in [2.45, 2.75) is 13.2 Å². The molecule has 2 aromatic carbocycles. The van der Waals surface area contributed by atoms with Crippen molar-refractivity contribution in [1.29, 1.82) is 0 Å². The minimum Gasteiger partial charge on any atom is -0.497 e. The van der Waals surface area contributed by atoms with E-state index in [1.165, 1.54) is 0 Å². The first kappa shape index (κ1) is 22.1. The van der Waals surface area contributed by atoms with Crippen LogP contribution in [0.5, 0.6) is 5.75 Å². The standard InChI is InChI=1S/C23H31N3O4/c1-25(10-11-26-12-14-29-15-13-26)23(27)24-21-5-3-4-20(16-21)18-30-17-19-6-8-22(28-2)9-7-19/h3-9,16H,10-15,17-18H2,1-2H3,(H,24,27). The second-order valence-corrected chi connectivity index (χ2v) is 7.35. The molecule has 162 valence electrons. The molecular weight excluding hydrogens is 382 g/mol. The molecule has 1 heterocycles. The second-order valence-electron chi connectivity index (χ2n) is 7.35. The lowest BCUT2D eigenvalue weighted by Crippen LogP contribution is -2.42. The maximum Gasteiger partial charge on any atom is 0.321 e. The van der Waals surface area contributed by atoms with E-state index in [4.69, 9.17) is 14.2 Å². The summed E-state index contributed by atoms with van der Waals surface area (Å²) in [5.41, 5.74) is 2.86. The van der Waals surface area contributed by atoms with Crippen LogP contribution in [-0.4, -0.2) is 69.4 Å². The van der Waals surface area contributed by atoms with Gasteiger partial charge in [-0.05, 0) is 35.4 Å². The first-order valence-electron chi connectivity index (χ1n) is 10.3. The van der Waals surface area contributed by atoms with Crippen molar-refractivity contribution in [1.82, 2.24) is 9.80 Å². The molecule has 0 unspecified atom stereocenters. The number of methoxy groups -OCH3 is 1. The Hall–Kier alpha value is -2.61. The van der Waals surface area contributed by atoms with Crippen LogP contribution in [0.3, 0.4) is 0 Å². The van der Waals surface area contributed by atoms with Crippen LogP contribution in [0, 0.1) is 0 Å². The van der Waals surface area contributed by atoms with Gasteiger partial charge in [-0.15, -0.1) is 0 Å². The van der Waals surface area contributed by atoms with Gasteiger partial charge in [-0.1, -0.05) is 24.3 Å². The molecule has 1 saturated heterocycles. The average Bonchev–Trinajstić information content (AvgIpc) is 2.79. The van der Waals surface area contributed by atoms with Crippen molar-refractivity contribution in [3.05, 3.63) is 59.7 Å². The summed E-state index contributed by atoms with van der Waals surface area (Å²) in [6.07, 6.45) is 0. The fourth-order valence-electron chi connectivity index (χ4n) is 3.18. The quantitative estimate of drug-likeness (QED) is 0.684. The summed E-state index contributed by atoms with van der Waals surface area (Å²) in [6, 6.07) is 15.5. The summed E-state index contributed by atoms with van der Waals surface area (Å²) in [5.74, 6) is 0.831. The SMILES string of the molecule is COc1ccc(COCc2cccc(NC(=O)N(C)CCN3CCOCC3)c2)cc1. The summed E-state index contributed by atoms with van der Waals surface area (Å²) in [5, 5.41) is 2.96. The summed E-state index contributed by atoms with van der Waals surface area (Å²) in [4.78, 5) is 16.5. The monoisotopic (exact) mass is 413 g/mol. The number of urea groups is 1. The van der Waals surface area contributed by atoms with Crippen molar-refractivity contribution in [3.63, 3.8) is 0 Å². The van der Waals surface area contributed by atoms with Crippen molar-refractivity contribution in [2.75, 3.05) is 58.9 Å². The number of rotatable bonds is 9. The van der Waals surface area contributed by atoms with Gasteiger partial charge in [0.2, 0.25) is 0 Å². The number of amides is 2. The third kappa shape index (κ3) is 7.02. The molecule has 0 bridgehead atoms. The summed E-state index contributed by atoms with van der Waals surface area (Å²) in [6.45, 7) is 5.91. The highest BCUT2D eigenvalue weighted by atomic mass is 16.5. The lowest BCUT2D eigenvalue weighted by molar-refractivity contribution is 0.0359. The van der Waals surface area contributed by atoms with E-state index in [0.29, 0.717) is 19.8 Å². The molecule has 0 saturated carbocycles. The first-order chi connectivity index (χ1) is 14.6. The molecule has 0 aromatic heterocycles. The minimum absolute atomic E-state index is 0.112. The van der Waals surface area contributed by atoms with E-state index < -0.39 is 0 Å². The third-order valence-corrected chi connectivity index (χ3v) is 5.08. The van der Waals surface area contributed by atoms with Crippen molar-refractivity contribution >= 4 is 11.7 Å². The average molecular weight is 414 g/mol. The third-order valence-electron chi connectivity index (χ3n) is 5.08. The van der Waals surface area contributed by atoms with E-state index in [1.807, 2.05) is 55.6 Å². The Kier molecular flexibility index (Phi) is 8.50. The highest BCUT2D eigenvalue weighted by Crippen LogP contribution is 2.15. The number of carbonyl (C=O) groups excluding carboxylic acids is 1. The van der Waals surface area contributed by atoms with Crippen LogP contribution in [0.4, 0.5) is 10.5 Å². The summed E-state index contributed by atoms with van der Waals surface area (Å²) >= 11 is 0. The van der Waals surface area contributed by atoms with Gasteiger partial charge in [-0.25, -0.2) is 4.79 Å². The van der Waals surface area contributed by atoms with Crippen LogP contribution in [-0.2, 0) is 22.7 Å². The Morgan fingerprint density at radius 3 is 2.57 bits per heavy atom. The van der Waals surface area contributed by atoms with Crippen LogP contribution in [0.1, 0.15) is 11.1 Å². The Balaban J connectivity index is 1.42. The molecule has 0 spiro atoms. The van der Waals surface area contributed by atoms with Crippen LogP contribution in [0.2, 0.25) is 0 Å². The molecular formula is C23H31N3O4. The molecule has 0 atom stereocenters. The first-order valence-corrected chi connectivity index (χ1v) is 10.3. The Bertz CT molecular complexity index is 791. The summed E-state index contributed by atoms with van der Waals surface area (Å²) in [7, 11) is 3.47. The number of nitrogens with one attached hydrogen (secondary N) is 1. The number of nitrogens with zero attached hydrogens (tertiary/aromatic N) is 2. The molecule has 1 aliphatic heterocycles. The maximum atomic E-state index is 12.5. The van der Waals surface area contributed by atoms with Gasteiger partial charge < -0.3 is 24.4 Å². The molecule has 1 N–H and O–H groups in total. The molecule has 1 aliphatic rings. The van der Waals surface area contributed by atoms with Crippen molar-refractivity contribution < 1.29 is 19.0 Å². The number of likely N-dealkylation sites (N-methyl/N-ethyl adjacent to an activating group) is 1. The Labute approximate surface area is 178 Å². The van der Waals surface area contributed by atoms with E-state index in [-0.39, 0.29) is 6.03 Å². The van der Waals surface area contributed by atoms with Crippen LogP contribution in [0.25, 0.3) is 0 Å². The lowest BCUT2D eigenvalue weighted by Gasteiger charge is -2.28. The van der Waals surface area contributed by atoms with Gasteiger partial charge in [0.1, 0.15) is 5.75 Å². The number of morpholine rings is 1. The summed E-state index contributed by atoms with van der Waals surface area (Å²) < 4.78 is 16.3. The fraction of sp³-hybridized carbons (Fsp3) is 0.435. The smallest absolute Gasteiger partial charge is 0.321 e. The Morgan fingerprint density at radius 2 is 1.83 bits per heavy atom. The van der Waals surface area contributed by atoms with Gasteiger partial charge in [0.25, 0.3) is 0 Å². The molecule has 0 radical (unpaired) electrons.